The summed E-state index contributed by atoms with van der Waals surface area (Å²) >= 11 is 0. The summed E-state index contributed by atoms with van der Waals surface area (Å²) in [5, 5.41) is 36.4. The number of phenols is 1. The lowest BCUT2D eigenvalue weighted by Crippen LogP contribution is -2.79. The summed E-state index contributed by atoms with van der Waals surface area (Å²) in [5.74, 6) is 1.17. The van der Waals surface area contributed by atoms with Crippen LogP contribution in [-0.2, 0) is 11.8 Å². The molecule has 1 aromatic carbocycles. The van der Waals surface area contributed by atoms with Crippen molar-refractivity contribution in [3.05, 3.63) is 40.6 Å². The highest BCUT2D eigenvalue weighted by molar-refractivity contribution is 5.63. The van der Waals surface area contributed by atoms with Gasteiger partial charge in [0, 0.05) is 24.3 Å². The summed E-state index contributed by atoms with van der Waals surface area (Å²) in [7, 11) is 0. The van der Waals surface area contributed by atoms with Crippen molar-refractivity contribution in [1.29, 1.82) is 0 Å². The SMILES string of the molecule is C=C1CC[C@@]2(O)[C@H]3Cc4ccc(O)c5c4[C@@]2(CC[N+]3([O-])CC2CC2)C1O5. The highest BCUT2D eigenvalue weighted by atomic mass is 16.6. The van der Waals surface area contributed by atoms with Gasteiger partial charge < -0.3 is 24.8 Å². The molecule has 6 rings (SSSR count). The summed E-state index contributed by atoms with van der Waals surface area (Å²) in [6.07, 6.45) is 4.37. The smallest absolute Gasteiger partial charge is 0.166 e. The first-order chi connectivity index (χ1) is 12.4. The van der Waals surface area contributed by atoms with E-state index < -0.39 is 11.0 Å². The van der Waals surface area contributed by atoms with Gasteiger partial charge in [0.05, 0.1) is 18.5 Å². The molecule has 2 saturated carbocycles. The molecule has 2 N–H and O–H groups in total. The second-order valence-electron chi connectivity index (χ2n) is 9.27. The van der Waals surface area contributed by atoms with Crippen molar-refractivity contribution >= 4 is 0 Å². The number of likely N-dealkylation sites (tertiary alicyclic amines) is 1. The molecule has 0 amide bonds. The number of benzene rings is 1. The molecule has 3 aliphatic carbocycles. The number of aromatic hydroxyl groups is 1. The Morgan fingerprint density at radius 3 is 2.88 bits per heavy atom. The van der Waals surface area contributed by atoms with E-state index in [0.29, 0.717) is 50.4 Å². The first-order valence-corrected chi connectivity index (χ1v) is 9.89. The molecule has 5 nitrogen and oxygen atoms in total. The predicted octanol–water partition coefficient (Wildman–Crippen LogP) is 2.53. The number of hydrogen-bond acceptors (Lipinski definition) is 4. The van der Waals surface area contributed by atoms with E-state index >= 15 is 0 Å². The largest absolute Gasteiger partial charge is 0.632 e. The van der Waals surface area contributed by atoms with Gasteiger partial charge in [-0.05, 0) is 42.9 Å². The normalized spacial score (nSPS) is 45.2. The number of ether oxygens (including phenoxy) is 1. The summed E-state index contributed by atoms with van der Waals surface area (Å²) in [6, 6.07) is 3.25. The minimum Gasteiger partial charge on any atom is -0.632 e. The fraction of sp³-hybridized carbons (Fsp3) is 0.619. The van der Waals surface area contributed by atoms with Crippen molar-refractivity contribution < 1.29 is 19.6 Å². The molecule has 2 bridgehead atoms. The lowest BCUT2D eigenvalue weighted by Gasteiger charge is -2.67. The minimum atomic E-state index is -1.08. The molecule has 26 heavy (non-hydrogen) atoms. The number of phenolic OH excluding ortho intramolecular Hbond substituents is 1. The van der Waals surface area contributed by atoms with E-state index in [-0.39, 0.29) is 22.5 Å². The monoisotopic (exact) mass is 355 g/mol. The molecule has 3 fully saturated rings. The Balaban J connectivity index is 1.60. The molecule has 5 atom stereocenters. The maximum Gasteiger partial charge on any atom is 0.166 e. The summed E-state index contributed by atoms with van der Waals surface area (Å²) in [4.78, 5) is 0. The molecule has 2 aliphatic heterocycles. The first kappa shape index (κ1) is 15.5. The summed E-state index contributed by atoms with van der Waals surface area (Å²) in [5.41, 5.74) is 1.30. The number of hydroxylamine groups is 3. The zero-order valence-corrected chi connectivity index (χ0v) is 14.9. The van der Waals surface area contributed by atoms with Gasteiger partial charge in [0.1, 0.15) is 17.7 Å². The molecule has 1 saturated heterocycles. The van der Waals surface area contributed by atoms with Crippen LogP contribution in [0.4, 0.5) is 0 Å². The lowest BCUT2D eigenvalue weighted by atomic mass is 9.48. The highest BCUT2D eigenvalue weighted by Gasteiger charge is 2.74. The molecule has 1 aromatic rings. The fourth-order valence-electron chi connectivity index (χ4n) is 6.67. The third kappa shape index (κ3) is 1.56. The Morgan fingerprint density at radius 1 is 1.31 bits per heavy atom. The minimum absolute atomic E-state index is 0.132. The van der Waals surface area contributed by atoms with E-state index in [2.05, 4.69) is 6.58 Å². The molecule has 2 unspecified atom stereocenters. The van der Waals surface area contributed by atoms with Crippen molar-refractivity contribution in [1.82, 2.24) is 0 Å². The van der Waals surface area contributed by atoms with E-state index in [0.717, 1.165) is 29.5 Å². The average molecular weight is 355 g/mol. The maximum atomic E-state index is 13.9. The average Bonchev–Trinajstić information content (AvgIpc) is 3.32. The number of nitrogens with zero attached hydrogens (tertiary/aromatic N) is 1. The molecule has 0 aromatic heterocycles. The van der Waals surface area contributed by atoms with Crippen molar-refractivity contribution in [2.24, 2.45) is 5.92 Å². The lowest BCUT2D eigenvalue weighted by molar-refractivity contribution is -0.924. The van der Waals surface area contributed by atoms with E-state index in [1.807, 2.05) is 6.07 Å². The van der Waals surface area contributed by atoms with Crippen LogP contribution >= 0.6 is 0 Å². The van der Waals surface area contributed by atoms with Crippen LogP contribution in [0.3, 0.4) is 0 Å². The van der Waals surface area contributed by atoms with E-state index in [4.69, 9.17) is 4.74 Å². The second kappa shape index (κ2) is 4.46. The Bertz CT molecular complexity index is 849. The van der Waals surface area contributed by atoms with Crippen LogP contribution in [-0.4, -0.2) is 45.7 Å². The van der Waals surface area contributed by atoms with Gasteiger partial charge in [0.15, 0.2) is 11.5 Å². The van der Waals surface area contributed by atoms with Crippen molar-refractivity contribution in [2.75, 3.05) is 13.1 Å². The van der Waals surface area contributed by atoms with Crippen molar-refractivity contribution in [3.63, 3.8) is 0 Å². The maximum absolute atomic E-state index is 13.9. The van der Waals surface area contributed by atoms with Gasteiger partial charge in [-0.3, -0.25) is 0 Å². The van der Waals surface area contributed by atoms with E-state index in [1.165, 1.54) is 0 Å². The predicted molar refractivity (Wildman–Crippen MR) is 95.7 cm³/mol. The zero-order valence-electron chi connectivity index (χ0n) is 14.9. The summed E-state index contributed by atoms with van der Waals surface area (Å²) in [6.45, 7) is 5.38. The Labute approximate surface area is 153 Å². The van der Waals surface area contributed by atoms with Crippen LogP contribution in [0.1, 0.15) is 43.2 Å². The number of rotatable bonds is 2. The molecule has 138 valence electrons. The van der Waals surface area contributed by atoms with Gasteiger partial charge in [-0.25, -0.2) is 0 Å². The fourth-order valence-corrected chi connectivity index (χ4v) is 6.67. The Morgan fingerprint density at radius 2 is 2.12 bits per heavy atom. The Kier molecular flexibility index (Phi) is 2.66. The molecular formula is C21H25NO4. The number of hydrogen-bond donors (Lipinski definition) is 2. The van der Waals surface area contributed by atoms with Gasteiger partial charge in [-0.15, -0.1) is 0 Å². The number of aliphatic hydroxyl groups is 1. The van der Waals surface area contributed by atoms with E-state index in [9.17, 15) is 15.4 Å². The van der Waals surface area contributed by atoms with Gasteiger partial charge in [0.2, 0.25) is 0 Å². The van der Waals surface area contributed by atoms with Crippen LogP contribution in [0.25, 0.3) is 0 Å². The molecule has 0 radical (unpaired) electrons. The third-order valence-corrected chi connectivity index (χ3v) is 8.00. The van der Waals surface area contributed by atoms with Gasteiger partial charge in [0.25, 0.3) is 0 Å². The molecule has 5 aliphatic rings. The standard InChI is InChI=1S/C21H25NO4/c1-12-6-7-21(24)16-10-14-4-5-15(23)18-17(14)20(21,19(12)26-18)8-9-22(16,25)11-13-2-3-13/h4-5,13,16,19,23-24H,1-3,6-11H2/t16-,19?,20+,21-,22?/m1/s1. The van der Waals surface area contributed by atoms with Crippen LogP contribution in [0.15, 0.2) is 24.3 Å². The van der Waals surface area contributed by atoms with Crippen molar-refractivity contribution in [3.8, 4) is 11.5 Å². The topological polar surface area (TPSA) is 72.8 Å². The zero-order chi connectivity index (χ0) is 17.9. The quantitative estimate of drug-likeness (QED) is 0.486. The van der Waals surface area contributed by atoms with Gasteiger partial charge >= 0.3 is 0 Å². The van der Waals surface area contributed by atoms with Crippen LogP contribution in [0, 0.1) is 11.1 Å². The van der Waals surface area contributed by atoms with Crippen LogP contribution in [0.2, 0.25) is 0 Å². The summed E-state index contributed by atoms with van der Waals surface area (Å²) < 4.78 is 5.96. The number of piperidine rings is 1. The van der Waals surface area contributed by atoms with Crippen LogP contribution < -0.4 is 4.74 Å². The van der Waals surface area contributed by atoms with Crippen LogP contribution in [0.5, 0.6) is 11.5 Å². The van der Waals surface area contributed by atoms with Gasteiger partial charge in [-0.1, -0.05) is 12.6 Å². The molecular weight excluding hydrogens is 330 g/mol. The first-order valence-electron chi connectivity index (χ1n) is 9.89. The number of quaternary nitrogens is 1. The highest BCUT2D eigenvalue weighted by Crippen LogP contribution is 2.67. The Hall–Kier alpha value is -1.56. The molecule has 1 spiro atoms. The third-order valence-electron chi connectivity index (χ3n) is 8.00. The van der Waals surface area contributed by atoms with Gasteiger partial charge in [-0.2, -0.15) is 0 Å². The van der Waals surface area contributed by atoms with E-state index in [1.54, 1.807) is 6.07 Å². The molecule has 2 heterocycles. The second-order valence-corrected chi connectivity index (χ2v) is 9.27. The molecule has 5 heteroatoms. The van der Waals surface area contributed by atoms with Crippen molar-refractivity contribution in [2.45, 2.75) is 61.7 Å².